The van der Waals surface area contributed by atoms with Crippen LogP contribution in [0.4, 0.5) is 0 Å². The van der Waals surface area contributed by atoms with Gasteiger partial charge in [0.05, 0.1) is 11.1 Å². The lowest BCUT2D eigenvalue weighted by molar-refractivity contribution is -0.123. The number of aromatic nitrogens is 1. The van der Waals surface area contributed by atoms with Crippen LogP contribution in [0, 0.1) is 0 Å². The molecule has 1 heterocycles. The Bertz CT molecular complexity index is 1280. The molecule has 4 aromatic rings. The van der Waals surface area contributed by atoms with Crippen molar-refractivity contribution in [2.75, 3.05) is 6.61 Å². The molecule has 0 saturated carbocycles. The van der Waals surface area contributed by atoms with Gasteiger partial charge in [0.15, 0.2) is 6.61 Å². The molecule has 32 heavy (non-hydrogen) atoms. The zero-order valence-electron chi connectivity index (χ0n) is 16.6. The van der Waals surface area contributed by atoms with Gasteiger partial charge in [-0.15, -0.1) is 0 Å². The molecule has 8 heteroatoms. The number of aromatic hydroxyl groups is 1. The minimum absolute atomic E-state index is 0.106. The first-order valence-electron chi connectivity index (χ1n) is 9.62. The first kappa shape index (κ1) is 22.2. The molecule has 1 unspecified atom stereocenters. The highest BCUT2D eigenvalue weighted by molar-refractivity contribution is 6.36. The highest BCUT2D eigenvalue weighted by Crippen LogP contribution is 2.40. The van der Waals surface area contributed by atoms with Crippen molar-refractivity contribution in [3.8, 4) is 11.5 Å². The van der Waals surface area contributed by atoms with E-state index in [0.29, 0.717) is 42.8 Å². The second-order valence-electron chi connectivity index (χ2n) is 6.96. The highest BCUT2D eigenvalue weighted by atomic mass is 35.5. The summed E-state index contributed by atoms with van der Waals surface area (Å²) in [6.45, 7) is -0.230. The van der Waals surface area contributed by atoms with Gasteiger partial charge in [-0.2, -0.15) is 0 Å². The fraction of sp³-hybridized carbons (Fsp3) is 0.0833. The van der Waals surface area contributed by atoms with Crippen molar-refractivity contribution >= 4 is 51.6 Å². The van der Waals surface area contributed by atoms with Crippen molar-refractivity contribution in [2.45, 2.75) is 6.04 Å². The van der Waals surface area contributed by atoms with Crippen LogP contribution in [0.5, 0.6) is 11.5 Å². The van der Waals surface area contributed by atoms with Crippen LogP contribution in [0.3, 0.4) is 0 Å². The molecule has 0 bridgehead atoms. The summed E-state index contributed by atoms with van der Waals surface area (Å²) in [6.07, 6.45) is 1.55. The summed E-state index contributed by atoms with van der Waals surface area (Å²) in [6, 6.07) is 18.1. The van der Waals surface area contributed by atoms with E-state index in [9.17, 15) is 9.90 Å². The summed E-state index contributed by atoms with van der Waals surface area (Å²) in [5.41, 5.74) is 1.20. The van der Waals surface area contributed by atoms with Crippen molar-refractivity contribution in [3.05, 3.63) is 99.1 Å². The topological polar surface area (TPSA) is 71.5 Å². The van der Waals surface area contributed by atoms with E-state index in [-0.39, 0.29) is 12.4 Å². The third-order valence-corrected chi connectivity index (χ3v) is 5.72. The Hall–Kier alpha value is -2.99. The first-order valence-corrected chi connectivity index (χ1v) is 10.8. The van der Waals surface area contributed by atoms with Gasteiger partial charge in [0, 0.05) is 27.2 Å². The fourth-order valence-corrected chi connectivity index (χ4v) is 4.14. The van der Waals surface area contributed by atoms with E-state index in [0.717, 1.165) is 0 Å². The Labute approximate surface area is 199 Å². The minimum atomic E-state index is -0.824. The number of benzene rings is 3. The number of para-hydroxylation sites is 1. The Morgan fingerprint density at radius 2 is 1.75 bits per heavy atom. The number of hydrogen-bond acceptors (Lipinski definition) is 4. The standard InChI is InChI=1S/C24H17Cl3N2O3/c25-14-8-9-17(19(26)11-14)22(29-21(30)13-32-15-5-2-1-3-6-15)18-12-20(27)16-7-4-10-28-23(16)24(18)31/h1-12,22,31H,13H2,(H,29,30). The summed E-state index contributed by atoms with van der Waals surface area (Å²) in [5, 5.41) is 15.6. The van der Waals surface area contributed by atoms with Crippen molar-refractivity contribution < 1.29 is 14.6 Å². The largest absolute Gasteiger partial charge is 0.505 e. The van der Waals surface area contributed by atoms with E-state index in [2.05, 4.69) is 10.3 Å². The van der Waals surface area contributed by atoms with Crippen LogP contribution in [0.25, 0.3) is 10.9 Å². The molecule has 0 aliphatic rings. The van der Waals surface area contributed by atoms with Gasteiger partial charge in [-0.3, -0.25) is 9.78 Å². The number of ether oxygens (including phenoxy) is 1. The number of phenolic OH excluding ortho intramolecular Hbond substituents is 1. The number of pyridine rings is 1. The molecule has 4 rings (SSSR count). The third kappa shape index (κ3) is 4.75. The number of carbonyl (C=O) groups is 1. The third-order valence-electron chi connectivity index (χ3n) is 4.85. The summed E-state index contributed by atoms with van der Waals surface area (Å²) in [7, 11) is 0. The molecule has 0 saturated heterocycles. The Kier molecular flexibility index (Phi) is 6.70. The predicted octanol–water partition coefficient (Wildman–Crippen LogP) is 6.19. The number of nitrogens with zero attached hydrogens (tertiary/aromatic N) is 1. The SMILES string of the molecule is O=C(COc1ccccc1)NC(c1ccc(Cl)cc1Cl)c1cc(Cl)c2cccnc2c1O. The smallest absolute Gasteiger partial charge is 0.258 e. The molecule has 2 N–H and O–H groups in total. The van der Waals surface area contributed by atoms with Crippen molar-refractivity contribution in [1.29, 1.82) is 0 Å². The normalized spacial score (nSPS) is 11.8. The quantitative estimate of drug-likeness (QED) is 0.340. The zero-order chi connectivity index (χ0) is 22.7. The van der Waals surface area contributed by atoms with Gasteiger partial charge >= 0.3 is 0 Å². The molecular formula is C24H17Cl3N2O3. The monoisotopic (exact) mass is 486 g/mol. The average molecular weight is 488 g/mol. The Morgan fingerprint density at radius 3 is 2.50 bits per heavy atom. The second kappa shape index (κ2) is 9.65. The molecule has 1 atom stereocenters. The predicted molar refractivity (Wildman–Crippen MR) is 127 cm³/mol. The molecule has 0 spiro atoms. The number of hydrogen-bond donors (Lipinski definition) is 2. The number of amides is 1. The van der Waals surface area contributed by atoms with Crippen LogP contribution in [-0.4, -0.2) is 22.6 Å². The maximum absolute atomic E-state index is 12.8. The Balaban J connectivity index is 1.72. The Morgan fingerprint density at radius 1 is 0.969 bits per heavy atom. The number of rotatable bonds is 6. The van der Waals surface area contributed by atoms with Gasteiger partial charge in [-0.25, -0.2) is 0 Å². The van der Waals surface area contributed by atoms with Gasteiger partial charge < -0.3 is 15.2 Å². The van der Waals surface area contributed by atoms with Crippen LogP contribution >= 0.6 is 34.8 Å². The van der Waals surface area contributed by atoms with Crippen LogP contribution in [0.15, 0.2) is 72.9 Å². The summed E-state index contributed by atoms with van der Waals surface area (Å²) < 4.78 is 5.55. The van der Waals surface area contributed by atoms with Gasteiger partial charge in [-0.1, -0.05) is 59.1 Å². The van der Waals surface area contributed by atoms with E-state index in [1.807, 2.05) is 18.2 Å². The van der Waals surface area contributed by atoms with Gasteiger partial charge in [0.2, 0.25) is 0 Å². The molecule has 1 aromatic heterocycles. The molecule has 0 aliphatic carbocycles. The van der Waals surface area contributed by atoms with Crippen molar-refractivity contribution in [2.24, 2.45) is 0 Å². The van der Waals surface area contributed by atoms with Gasteiger partial charge in [0.25, 0.3) is 5.91 Å². The average Bonchev–Trinajstić information content (AvgIpc) is 2.80. The van der Waals surface area contributed by atoms with Crippen molar-refractivity contribution in [1.82, 2.24) is 10.3 Å². The lowest BCUT2D eigenvalue weighted by Gasteiger charge is -2.23. The summed E-state index contributed by atoms with van der Waals surface area (Å²) in [4.78, 5) is 17.0. The van der Waals surface area contributed by atoms with E-state index in [1.165, 1.54) is 0 Å². The number of halogens is 3. The fourth-order valence-electron chi connectivity index (χ4n) is 3.35. The summed E-state index contributed by atoms with van der Waals surface area (Å²) in [5.74, 6) is 0.0383. The van der Waals surface area contributed by atoms with Crippen LogP contribution in [0.2, 0.25) is 15.1 Å². The lowest BCUT2D eigenvalue weighted by atomic mass is 9.96. The first-order chi connectivity index (χ1) is 15.4. The molecule has 0 fully saturated rings. The highest BCUT2D eigenvalue weighted by Gasteiger charge is 2.25. The van der Waals surface area contributed by atoms with E-state index >= 15 is 0 Å². The van der Waals surface area contributed by atoms with E-state index < -0.39 is 11.9 Å². The zero-order valence-corrected chi connectivity index (χ0v) is 18.8. The molecular weight excluding hydrogens is 471 g/mol. The van der Waals surface area contributed by atoms with Crippen LogP contribution in [0.1, 0.15) is 17.2 Å². The lowest BCUT2D eigenvalue weighted by Crippen LogP contribution is -2.33. The second-order valence-corrected chi connectivity index (χ2v) is 8.21. The molecule has 162 valence electrons. The molecule has 0 aliphatic heterocycles. The van der Waals surface area contributed by atoms with Gasteiger partial charge in [-0.05, 0) is 48.0 Å². The van der Waals surface area contributed by atoms with Gasteiger partial charge in [0.1, 0.15) is 17.0 Å². The van der Waals surface area contributed by atoms with E-state index in [4.69, 9.17) is 39.5 Å². The summed E-state index contributed by atoms with van der Waals surface area (Å²) >= 11 is 19.0. The molecule has 0 radical (unpaired) electrons. The maximum atomic E-state index is 12.8. The molecule has 3 aromatic carbocycles. The van der Waals surface area contributed by atoms with Crippen LogP contribution in [-0.2, 0) is 4.79 Å². The number of carbonyl (C=O) groups excluding carboxylic acids is 1. The number of phenols is 1. The number of nitrogens with one attached hydrogen (secondary N) is 1. The van der Waals surface area contributed by atoms with Crippen molar-refractivity contribution in [3.63, 3.8) is 0 Å². The molecule has 5 nitrogen and oxygen atoms in total. The molecule has 1 amide bonds. The maximum Gasteiger partial charge on any atom is 0.258 e. The minimum Gasteiger partial charge on any atom is -0.505 e. The van der Waals surface area contributed by atoms with E-state index in [1.54, 1.807) is 54.7 Å². The van der Waals surface area contributed by atoms with Crippen LogP contribution < -0.4 is 10.1 Å². The number of fused-ring (bicyclic) bond motifs is 1.